The minimum atomic E-state index is -0.128. The zero-order valence-electron chi connectivity index (χ0n) is 11.7. The van der Waals surface area contributed by atoms with Gasteiger partial charge in [-0.1, -0.05) is 18.3 Å². The molecule has 112 valence electrons. The minimum Gasteiger partial charge on any atom is -0.370 e. The number of halogens is 1. The average Bonchev–Trinajstić information content (AvgIpc) is 2.86. The third-order valence-corrected chi connectivity index (χ3v) is 4.61. The predicted molar refractivity (Wildman–Crippen MR) is 83.1 cm³/mol. The molecule has 1 aliphatic heterocycles. The fourth-order valence-corrected chi connectivity index (χ4v) is 3.41. The van der Waals surface area contributed by atoms with Crippen LogP contribution in [-0.4, -0.2) is 33.1 Å². The van der Waals surface area contributed by atoms with E-state index in [4.69, 9.17) is 11.6 Å². The Bertz CT molecular complexity index is 685. The van der Waals surface area contributed by atoms with Gasteiger partial charge in [0.15, 0.2) is 0 Å². The van der Waals surface area contributed by atoms with Gasteiger partial charge >= 0.3 is 0 Å². The molecule has 0 saturated carbocycles. The smallest absolute Gasteiger partial charge is 0.269 e. The molecule has 1 aliphatic rings. The second kappa shape index (κ2) is 6.11. The topological polar surface area (TPSA) is 63.9 Å². The van der Waals surface area contributed by atoms with Gasteiger partial charge in [0.1, 0.15) is 5.01 Å². The zero-order chi connectivity index (χ0) is 14.8. The van der Waals surface area contributed by atoms with Crippen molar-refractivity contribution in [3.05, 3.63) is 32.1 Å². The van der Waals surface area contributed by atoms with Gasteiger partial charge in [0.2, 0.25) is 4.47 Å². The molecule has 0 aromatic carbocycles. The Morgan fingerprint density at radius 2 is 2.33 bits per heavy atom. The molecule has 1 atom stereocenters. The van der Waals surface area contributed by atoms with Gasteiger partial charge in [-0.3, -0.25) is 4.79 Å². The summed E-state index contributed by atoms with van der Waals surface area (Å²) >= 11 is 6.99. The highest BCUT2D eigenvalue weighted by Gasteiger charge is 2.17. The normalized spacial score (nSPS) is 19.0. The quantitative estimate of drug-likeness (QED) is 0.864. The standard InChI is InChI=1S/C13H16ClN5OS/c1-9-3-2-4-18(7-9)10-5-12(20)19(15-6-10)8-11-16-17-13(14)21-11/h5-6,9H,2-4,7-8H2,1H3. The summed E-state index contributed by atoms with van der Waals surface area (Å²) in [5.41, 5.74) is 0.773. The first-order chi connectivity index (χ1) is 10.1. The molecule has 0 spiro atoms. The highest BCUT2D eigenvalue weighted by Crippen LogP contribution is 2.21. The summed E-state index contributed by atoms with van der Waals surface area (Å²) in [5, 5.41) is 12.5. The van der Waals surface area contributed by atoms with Crippen molar-refractivity contribution >= 4 is 28.6 Å². The molecule has 1 unspecified atom stereocenters. The molecule has 0 amide bonds. The van der Waals surface area contributed by atoms with Crippen LogP contribution in [0.25, 0.3) is 0 Å². The monoisotopic (exact) mass is 325 g/mol. The number of rotatable bonds is 3. The van der Waals surface area contributed by atoms with Crippen molar-refractivity contribution in [2.75, 3.05) is 18.0 Å². The van der Waals surface area contributed by atoms with Crippen molar-refractivity contribution in [2.24, 2.45) is 5.92 Å². The van der Waals surface area contributed by atoms with E-state index in [1.54, 1.807) is 12.3 Å². The Labute approximate surface area is 131 Å². The lowest BCUT2D eigenvalue weighted by molar-refractivity contribution is 0.445. The predicted octanol–water partition coefficient (Wildman–Crippen LogP) is 2.03. The minimum absolute atomic E-state index is 0.128. The fourth-order valence-electron chi connectivity index (χ4n) is 2.56. The van der Waals surface area contributed by atoms with Gasteiger partial charge in [-0.05, 0) is 30.4 Å². The fraction of sp³-hybridized carbons (Fsp3) is 0.538. The summed E-state index contributed by atoms with van der Waals surface area (Å²) in [5.74, 6) is 0.657. The van der Waals surface area contributed by atoms with E-state index < -0.39 is 0 Å². The number of hydrogen-bond donors (Lipinski definition) is 0. The van der Waals surface area contributed by atoms with Crippen molar-refractivity contribution in [1.82, 2.24) is 20.0 Å². The van der Waals surface area contributed by atoms with Crippen LogP contribution in [0.1, 0.15) is 24.8 Å². The maximum Gasteiger partial charge on any atom is 0.269 e. The van der Waals surface area contributed by atoms with Crippen LogP contribution in [0.2, 0.25) is 4.47 Å². The maximum atomic E-state index is 12.2. The number of anilines is 1. The Hall–Kier alpha value is -1.47. The number of piperidine rings is 1. The summed E-state index contributed by atoms with van der Waals surface area (Å²) in [6, 6.07) is 1.65. The molecule has 0 N–H and O–H groups in total. The van der Waals surface area contributed by atoms with E-state index in [0.29, 0.717) is 21.9 Å². The van der Waals surface area contributed by atoms with Crippen molar-refractivity contribution in [2.45, 2.75) is 26.3 Å². The molecule has 0 aliphatic carbocycles. The first-order valence-electron chi connectivity index (χ1n) is 6.92. The van der Waals surface area contributed by atoms with Crippen LogP contribution in [0, 0.1) is 5.92 Å². The molecule has 1 fully saturated rings. The van der Waals surface area contributed by atoms with E-state index >= 15 is 0 Å². The molecular weight excluding hydrogens is 310 g/mol. The molecule has 1 saturated heterocycles. The van der Waals surface area contributed by atoms with Gasteiger partial charge in [-0.25, -0.2) is 4.68 Å². The molecule has 2 aromatic heterocycles. The van der Waals surface area contributed by atoms with Crippen LogP contribution in [-0.2, 0) is 6.54 Å². The molecule has 6 nitrogen and oxygen atoms in total. The van der Waals surface area contributed by atoms with Crippen LogP contribution in [0.5, 0.6) is 0 Å². The third-order valence-electron chi connectivity index (χ3n) is 3.60. The van der Waals surface area contributed by atoms with E-state index in [-0.39, 0.29) is 5.56 Å². The van der Waals surface area contributed by atoms with Crippen LogP contribution < -0.4 is 10.5 Å². The van der Waals surface area contributed by atoms with Crippen molar-refractivity contribution in [3.8, 4) is 0 Å². The summed E-state index contributed by atoms with van der Waals surface area (Å²) in [7, 11) is 0. The summed E-state index contributed by atoms with van der Waals surface area (Å²) in [6.07, 6.45) is 4.16. The summed E-state index contributed by atoms with van der Waals surface area (Å²) < 4.78 is 1.75. The summed E-state index contributed by atoms with van der Waals surface area (Å²) in [6.45, 7) is 4.51. The van der Waals surface area contributed by atoms with Gasteiger partial charge in [0, 0.05) is 19.2 Å². The van der Waals surface area contributed by atoms with Gasteiger partial charge in [0.05, 0.1) is 18.4 Å². The molecule has 3 heterocycles. The first kappa shape index (κ1) is 14.5. The number of nitrogens with zero attached hydrogens (tertiary/aromatic N) is 5. The van der Waals surface area contributed by atoms with Crippen LogP contribution >= 0.6 is 22.9 Å². The van der Waals surface area contributed by atoms with E-state index in [9.17, 15) is 4.79 Å². The van der Waals surface area contributed by atoms with Crippen LogP contribution in [0.4, 0.5) is 5.69 Å². The molecule has 3 rings (SSSR count). The van der Waals surface area contributed by atoms with Gasteiger partial charge in [-0.2, -0.15) is 5.10 Å². The molecule has 2 aromatic rings. The van der Waals surface area contributed by atoms with Gasteiger partial charge in [-0.15, -0.1) is 10.2 Å². The van der Waals surface area contributed by atoms with E-state index in [1.165, 1.54) is 22.4 Å². The second-order valence-electron chi connectivity index (χ2n) is 5.35. The molecule has 0 radical (unpaired) electrons. The SMILES string of the molecule is CC1CCCN(c2cnn(Cc3nnc(Cl)s3)c(=O)c2)C1. The van der Waals surface area contributed by atoms with Crippen molar-refractivity contribution < 1.29 is 0 Å². The molecule has 21 heavy (non-hydrogen) atoms. The Morgan fingerprint density at radius 3 is 3.00 bits per heavy atom. The molecular formula is C13H16ClN5OS. The van der Waals surface area contributed by atoms with E-state index in [1.807, 2.05) is 0 Å². The Balaban J connectivity index is 1.78. The largest absolute Gasteiger partial charge is 0.370 e. The highest BCUT2D eigenvalue weighted by atomic mass is 35.5. The maximum absolute atomic E-state index is 12.2. The Morgan fingerprint density at radius 1 is 1.48 bits per heavy atom. The van der Waals surface area contributed by atoms with E-state index in [2.05, 4.69) is 27.1 Å². The van der Waals surface area contributed by atoms with Gasteiger partial charge in [0.25, 0.3) is 5.56 Å². The molecule has 0 bridgehead atoms. The lowest BCUT2D eigenvalue weighted by Gasteiger charge is -2.32. The lowest BCUT2D eigenvalue weighted by atomic mass is 10.00. The van der Waals surface area contributed by atoms with Gasteiger partial charge < -0.3 is 4.90 Å². The van der Waals surface area contributed by atoms with Crippen LogP contribution in [0.3, 0.4) is 0 Å². The Kier molecular flexibility index (Phi) is 4.21. The molecule has 8 heteroatoms. The van der Waals surface area contributed by atoms with Crippen molar-refractivity contribution in [1.29, 1.82) is 0 Å². The average molecular weight is 326 g/mol. The third kappa shape index (κ3) is 3.41. The number of hydrogen-bond acceptors (Lipinski definition) is 6. The summed E-state index contributed by atoms with van der Waals surface area (Å²) in [4.78, 5) is 14.4. The van der Waals surface area contributed by atoms with E-state index in [0.717, 1.165) is 25.2 Å². The zero-order valence-corrected chi connectivity index (χ0v) is 13.3. The van der Waals surface area contributed by atoms with Crippen LogP contribution in [0.15, 0.2) is 17.1 Å². The first-order valence-corrected chi connectivity index (χ1v) is 8.11. The highest BCUT2D eigenvalue weighted by molar-refractivity contribution is 7.15. The second-order valence-corrected chi connectivity index (χ2v) is 7.00. The number of aromatic nitrogens is 4. The van der Waals surface area contributed by atoms with Crippen molar-refractivity contribution in [3.63, 3.8) is 0 Å². The lowest BCUT2D eigenvalue weighted by Crippen LogP contribution is -2.35.